The van der Waals surface area contributed by atoms with Gasteiger partial charge in [0.1, 0.15) is 0 Å². The van der Waals surface area contributed by atoms with Crippen LogP contribution in [0.15, 0.2) is 170 Å². The largest absolute Gasteiger partial charge is 0.416 e. The van der Waals surface area contributed by atoms with Gasteiger partial charge in [-0.15, -0.1) is 0 Å². The van der Waals surface area contributed by atoms with Crippen molar-refractivity contribution in [3.05, 3.63) is 181 Å². The maximum absolute atomic E-state index is 15.2. The summed E-state index contributed by atoms with van der Waals surface area (Å²) >= 11 is 0. The van der Waals surface area contributed by atoms with E-state index in [1.807, 2.05) is 131 Å². The molecule has 0 unspecified atom stereocenters. The molecule has 10 heteroatoms. The van der Waals surface area contributed by atoms with Crippen LogP contribution in [0.3, 0.4) is 0 Å². The highest BCUT2D eigenvalue weighted by Gasteiger charge is 2.47. The average molecular weight is 842 g/mol. The van der Waals surface area contributed by atoms with Gasteiger partial charge < -0.3 is 9.80 Å². The molecule has 0 saturated heterocycles. The molecule has 10 aromatic rings. The van der Waals surface area contributed by atoms with E-state index >= 15 is 26.3 Å². The Bertz CT molecular complexity index is 3550. The summed E-state index contributed by atoms with van der Waals surface area (Å²) in [6.07, 6.45) is -9.41. The van der Waals surface area contributed by atoms with Gasteiger partial charge in [-0.25, -0.2) is 0 Å². The quantitative estimate of drug-likeness (QED) is 0.0972. The first-order valence-electron chi connectivity index (χ1n) is 22.1. The molecule has 0 saturated carbocycles. The zero-order valence-corrected chi connectivity index (χ0v) is 33.3. The Hall–Kier alpha value is -7.45. The van der Waals surface area contributed by atoms with E-state index in [0.29, 0.717) is 88.2 Å². The van der Waals surface area contributed by atoms with Crippen LogP contribution in [0.5, 0.6) is 0 Å². The van der Waals surface area contributed by atoms with Crippen molar-refractivity contribution in [1.29, 1.82) is 0 Å². The van der Waals surface area contributed by atoms with Crippen LogP contribution in [0.1, 0.15) is 13.9 Å². The molecule has 14 rings (SSSR count). The van der Waals surface area contributed by atoms with Gasteiger partial charge in [0.05, 0.1) is 13.9 Å². The van der Waals surface area contributed by atoms with Gasteiger partial charge >= 0.3 is 12.4 Å². The number of alkyl halides is 6. The third-order valence-electron chi connectivity index (χ3n) is 14.0. The van der Waals surface area contributed by atoms with Gasteiger partial charge in [-0.1, -0.05) is 120 Å². The van der Waals surface area contributed by atoms with Crippen molar-refractivity contribution in [3.8, 4) is 22.3 Å². The molecule has 0 fully saturated rings. The van der Waals surface area contributed by atoms with Gasteiger partial charge in [0.25, 0.3) is 0 Å². The smallest absolute Gasteiger partial charge is 0.311 e. The number of nitrogens with zero attached hydrogens (tertiary/aromatic N) is 2. The highest BCUT2D eigenvalue weighted by molar-refractivity contribution is 7.02. The van der Waals surface area contributed by atoms with E-state index in [1.165, 1.54) is 24.3 Å². The molecule has 0 aliphatic carbocycles. The first kappa shape index (κ1) is 34.1. The lowest BCUT2D eigenvalue weighted by Gasteiger charge is -2.42. The molecule has 0 spiro atoms. The third-order valence-corrected chi connectivity index (χ3v) is 14.0. The van der Waals surface area contributed by atoms with Crippen molar-refractivity contribution >= 4 is 113 Å². The summed E-state index contributed by atoms with van der Waals surface area (Å²) in [6, 6.07) is 46.5. The zero-order chi connectivity index (χ0) is 44.7. The lowest BCUT2D eigenvalue weighted by atomic mass is 9.31. The van der Waals surface area contributed by atoms with Gasteiger partial charge in [-0.3, -0.25) is 0 Å². The van der Waals surface area contributed by atoms with Crippen LogP contribution in [0.4, 0.5) is 60.5 Å². The molecule has 0 N–H and O–H groups in total. The summed E-state index contributed by atoms with van der Waals surface area (Å²) in [5.74, 6) is 0. The highest BCUT2D eigenvalue weighted by atomic mass is 19.4. The van der Waals surface area contributed by atoms with Crippen LogP contribution in [-0.4, -0.2) is 13.4 Å². The molecule has 4 heterocycles. The van der Waals surface area contributed by atoms with Crippen molar-refractivity contribution < 1.29 is 29.1 Å². The maximum Gasteiger partial charge on any atom is 0.416 e. The van der Waals surface area contributed by atoms with Crippen LogP contribution in [0.25, 0.3) is 54.6 Å². The van der Waals surface area contributed by atoms with E-state index in [1.54, 1.807) is 12.1 Å². The second-order valence-electron chi connectivity index (χ2n) is 17.2. The van der Waals surface area contributed by atoms with Crippen LogP contribution >= 0.6 is 0 Å². The van der Waals surface area contributed by atoms with Crippen molar-refractivity contribution in [1.82, 2.24) is 0 Å². The molecule has 4 aliphatic heterocycles. The van der Waals surface area contributed by atoms with Gasteiger partial charge in [0.15, 0.2) is 0 Å². The van der Waals surface area contributed by atoms with E-state index in [-0.39, 0.29) is 12.1 Å². The molecule has 4 aliphatic rings. The van der Waals surface area contributed by atoms with Crippen molar-refractivity contribution in [2.45, 2.75) is 12.4 Å². The Morgan fingerprint density at radius 2 is 0.766 bits per heavy atom. The molecular formula is C54H28B2F6N2. The third kappa shape index (κ3) is 4.59. The minimum absolute atomic E-state index is 0.0974. The van der Waals surface area contributed by atoms with Crippen LogP contribution in [0, 0.1) is 0 Å². The van der Waals surface area contributed by atoms with Crippen molar-refractivity contribution in [2.75, 3.05) is 9.80 Å². The second-order valence-corrected chi connectivity index (χ2v) is 17.2. The van der Waals surface area contributed by atoms with Crippen LogP contribution in [0.2, 0.25) is 0 Å². The molecule has 64 heavy (non-hydrogen) atoms. The summed E-state index contributed by atoms with van der Waals surface area (Å²) in [6.45, 7) is -1.11. The number of rotatable bonds is 2. The first-order valence-corrected chi connectivity index (χ1v) is 21.1. The van der Waals surface area contributed by atoms with Gasteiger partial charge in [0.2, 0.25) is 13.4 Å². The molecule has 0 atom stereocenters. The number of fused-ring (bicyclic) bond motifs is 8. The Morgan fingerprint density at radius 3 is 1.17 bits per heavy atom. The summed E-state index contributed by atoms with van der Waals surface area (Å²) in [4.78, 5) is 3.76. The van der Waals surface area contributed by atoms with E-state index < -0.39 is 36.9 Å². The van der Waals surface area contributed by atoms with E-state index in [0.717, 1.165) is 33.2 Å². The lowest BCUT2D eigenvalue weighted by molar-refractivity contribution is -0.138. The summed E-state index contributed by atoms with van der Waals surface area (Å²) < 4.78 is 111. The van der Waals surface area contributed by atoms with Gasteiger partial charge in [-0.05, 0) is 137 Å². The molecule has 0 radical (unpaired) electrons. The van der Waals surface area contributed by atoms with Crippen LogP contribution < -0.4 is 42.6 Å². The topological polar surface area (TPSA) is 6.48 Å². The zero-order valence-electron chi connectivity index (χ0n) is 35.3. The Kier molecular flexibility index (Phi) is 6.48. The number of hydrogen-bond donors (Lipinski definition) is 0. The lowest BCUT2D eigenvalue weighted by Crippen LogP contribution is -2.60. The van der Waals surface area contributed by atoms with Gasteiger partial charge in [-0.2, -0.15) is 26.3 Å². The monoisotopic (exact) mass is 842 g/mol. The molecular weight excluding hydrogens is 812 g/mol. The second kappa shape index (κ2) is 12.2. The van der Waals surface area contributed by atoms with Crippen molar-refractivity contribution in [3.63, 3.8) is 0 Å². The predicted octanol–water partition coefficient (Wildman–Crippen LogP) is 11.2. The Labute approximate surface area is 365 Å². The Morgan fingerprint density at radius 1 is 0.375 bits per heavy atom. The molecule has 0 aromatic heterocycles. The summed E-state index contributed by atoms with van der Waals surface area (Å²) in [5.41, 5.74) is 8.31. The fourth-order valence-electron chi connectivity index (χ4n) is 11.6. The number of hydrogen-bond acceptors (Lipinski definition) is 2. The fraction of sp³-hybridized carbons (Fsp3) is 0.0370. The minimum Gasteiger partial charge on any atom is -0.311 e. The fourth-order valence-corrected chi connectivity index (χ4v) is 11.6. The standard InChI is InChI=1S/C54H28B2F6N2/c57-53(58,59)31-25-37-35-21-19-30-24-42-50-36(38-26-32(54(60,61)62)28-46-52(38)56(42)40-16-8-10-18-44(40)64(46)34-13-5-2-6-14-34)22-20-29-23-41(49(35)47(30)48(29)50)55-39-15-7-9-17-43(39)63(45(27-31)51(37)55)33-11-3-1-4-12-33/h1-28H/i19D,20D. The van der Waals surface area contributed by atoms with Crippen molar-refractivity contribution in [2.24, 2.45) is 0 Å². The Balaban J connectivity index is 1.15. The summed E-state index contributed by atoms with van der Waals surface area (Å²) in [7, 11) is 0. The molecule has 0 bridgehead atoms. The number of para-hydroxylation sites is 4. The SMILES string of the molecule is [2H]c1cc2c3c(cc4c([2H])cc5c6c(cc1c3c46)B1c3ccccc3N(c3ccccc3)c3cc(C(F)(F)F)cc-5c31)B1c3ccccc3N(c3ccccc3)c3cc(C(F)(F)F)cc-2c31. The van der Waals surface area contributed by atoms with E-state index in [4.69, 9.17) is 0 Å². The number of benzene rings is 10. The molecule has 0 amide bonds. The predicted molar refractivity (Wildman–Crippen MR) is 250 cm³/mol. The van der Waals surface area contributed by atoms with E-state index in [9.17, 15) is 2.74 Å². The number of halogens is 6. The van der Waals surface area contributed by atoms with Crippen LogP contribution in [-0.2, 0) is 12.4 Å². The number of anilines is 6. The molecule has 2 nitrogen and oxygen atoms in total. The highest BCUT2D eigenvalue weighted by Crippen LogP contribution is 2.50. The molecule has 302 valence electrons. The normalized spacial score (nSPS) is 14.7. The van der Waals surface area contributed by atoms with Gasteiger partial charge in [0, 0.05) is 34.1 Å². The van der Waals surface area contributed by atoms with E-state index in [2.05, 4.69) is 0 Å². The molecule has 10 aromatic carbocycles. The maximum atomic E-state index is 15.2. The minimum atomic E-state index is -4.71. The first-order chi connectivity index (χ1) is 31.9. The average Bonchev–Trinajstić information content (AvgIpc) is 3.31. The summed E-state index contributed by atoms with van der Waals surface area (Å²) in [5, 5.41) is 3.72.